The van der Waals surface area contributed by atoms with Gasteiger partial charge in [-0.25, -0.2) is 0 Å². The number of carbonyl (C=O) groups excluding carboxylic acids is 1. The van der Waals surface area contributed by atoms with Crippen molar-refractivity contribution in [1.29, 1.82) is 0 Å². The topological polar surface area (TPSA) is 32.3 Å². The molecule has 0 amide bonds. The number of nitrogens with zero attached hydrogens (tertiary/aromatic N) is 1. The molecule has 0 radical (unpaired) electrons. The van der Waals surface area contributed by atoms with Gasteiger partial charge in [0.1, 0.15) is 0 Å². The molecule has 1 heterocycles. The maximum atomic E-state index is 11.9. The van der Waals surface area contributed by atoms with Crippen molar-refractivity contribution in [2.24, 2.45) is 0 Å². The summed E-state index contributed by atoms with van der Waals surface area (Å²) in [5.74, 6) is 0.267. The Bertz CT molecular complexity index is 356. The van der Waals surface area contributed by atoms with Gasteiger partial charge in [-0.1, -0.05) is 30.3 Å². The fourth-order valence-corrected chi connectivity index (χ4v) is 2.36. The van der Waals surface area contributed by atoms with E-state index < -0.39 is 0 Å². The van der Waals surface area contributed by atoms with Gasteiger partial charge in [-0.3, -0.25) is 4.79 Å². The lowest BCUT2D eigenvalue weighted by atomic mass is 10.1. The summed E-state index contributed by atoms with van der Waals surface area (Å²) in [4.78, 5) is 14.4. The molecule has 2 rings (SSSR count). The van der Waals surface area contributed by atoms with Gasteiger partial charge in [-0.15, -0.1) is 0 Å². The molecule has 0 unspecified atom stereocenters. The first-order chi connectivity index (χ1) is 8.86. The van der Waals surface area contributed by atoms with E-state index in [-0.39, 0.29) is 5.78 Å². The maximum Gasteiger partial charge on any atom is 0.162 e. The zero-order valence-electron chi connectivity index (χ0n) is 10.9. The van der Waals surface area contributed by atoms with Crippen molar-refractivity contribution in [3.05, 3.63) is 35.9 Å². The molecule has 1 aromatic rings. The number of nitrogens with one attached hydrogen (secondary N) is 1. The van der Waals surface area contributed by atoms with Gasteiger partial charge < -0.3 is 10.2 Å². The molecule has 1 fully saturated rings. The third-order valence-electron chi connectivity index (χ3n) is 3.41. The average Bonchev–Trinajstić information content (AvgIpc) is 2.68. The van der Waals surface area contributed by atoms with Gasteiger partial charge in [-0.2, -0.15) is 0 Å². The molecule has 0 spiro atoms. The molecular weight excluding hydrogens is 224 g/mol. The molecule has 1 N–H and O–H groups in total. The van der Waals surface area contributed by atoms with E-state index in [9.17, 15) is 4.79 Å². The van der Waals surface area contributed by atoms with Crippen LogP contribution in [0.25, 0.3) is 0 Å². The van der Waals surface area contributed by atoms with E-state index in [1.165, 1.54) is 6.42 Å². The fourth-order valence-electron chi connectivity index (χ4n) is 2.36. The Morgan fingerprint density at radius 3 is 2.83 bits per heavy atom. The van der Waals surface area contributed by atoms with E-state index in [1.807, 2.05) is 30.3 Å². The van der Waals surface area contributed by atoms with Crippen LogP contribution in [0.2, 0.25) is 0 Å². The van der Waals surface area contributed by atoms with Crippen LogP contribution in [0.4, 0.5) is 0 Å². The third kappa shape index (κ3) is 4.24. The van der Waals surface area contributed by atoms with E-state index >= 15 is 0 Å². The van der Waals surface area contributed by atoms with Crippen molar-refractivity contribution in [3.63, 3.8) is 0 Å². The minimum absolute atomic E-state index is 0.267. The molecule has 18 heavy (non-hydrogen) atoms. The van der Waals surface area contributed by atoms with Gasteiger partial charge in [0.25, 0.3) is 0 Å². The predicted molar refractivity (Wildman–Crippen MR) is 73.9 cm³/mol. The molecule has 1 aliphatic heterocycles. The summed E-state index contributed by atoms with van der Waals surface area (Å²) < 4.78 is 0. The summed E-state index contributed by atoms with van der Waals surface area (Å²) in [6.07, 6.45) is 2.84. The molecule has 1 aliphatic rings. The number of Topliss-reactive ketones (excluding diaryl/α,β-unsaturated/α-hetero) is 1. The largest absolute Gasteiger partial charge is 0.315 e. The van der Waals surface area contributed by atoms with Crippen LogP contribution in [-0.2, 0) is 0 Å². The van der Waals surface area contributed by atoms with Gasteiger partial charge >= 0.3 is 0 Å². The fraction of sp³-hybridized carbons (Fsp3) is 0.533. The summed E-state index contributed by atoms with van der Waals surface area (Å²) in [7, 11) is 0. The van der Waals surface area contributed by atoms with E-state index in [1.54, 1.807) is 0 Å². The lowest BCUT2D eigenvalue weighted by Crippen LogP contribution is -2.29. The summed E-state index contributed by atoms with van der Waals surface area (Å²) >= 11 is 0. The Kier molecular flexibility index (Phi) is 5.36. The average molecular weight is 246 g/mol. The van der Waals surface area contributed by atoms with Crippen LogP contribution in [0, 0.1) is 0 Å². The Morgan fingerprint density at radius 2 is 2.00 bits per heavy atom. The molecule has 0 atom stereocenters. The molecule has 0 aliphatic carbocycles. The molecule has 0 bridgehead atoms. The van der Waals surface area contributed by atoms with Crippen molar-refractivity contribution < 1.29 is 4.79 Å². The molecule has 3 heteroatoms. The van der Waals surface area contributed by atoms with E-state index in [0.29, 0.717) is 6.42 Å². The van der Waals surface area contributed by atoms with Gasteiger partial charge in [-0.05, 0) is 32.5 Å². The number of carbonyl (C=O) groups is 1. The highest BCUT2D eigenvalue weighted by Crippen LogP contribution is 2.06. The van der Waals surface area contributed by atoms with Gasteiger partial charge in [0.05, 0.1) is 0 Å². The summed E-state index contributed by atoms with van der Waals surface area (Å²) in [5, 5.41) is 3.39. The van der Waals surface area contributed by atoms with E-state index in [2.05, 4.69) is 10.2 Å². The van der Waals surface area contributed by atoms with E-state index in [0.717, 1.165) is 44.7 Å². The molecule has 3 nitrogen and oxygen atoms in total. The second kappa shape index (κ2) is 7.29. The quantitative estimate of drug-likeness (QED) is 0.806. The second-order valence-electron chi connectivity index (χ2n) is 4.84. The molecule has 1 saturated heterocycles. The molecule has 1 aromatic carbocycles. The first kappa shape index (κ1) is 13.2. The summed E-state index contributed by atoms with van der Waals surface area (Å²) in [6, 6.07) is 9.60. The van der Waals surface area contributed by atoms with Crippen molar-refractivity contribution in [2.75, 3.05) is 32.7 Å². The predicted octanol–water partition coefficient (Wildman–Crippen LogP) is 1.94. The van der Waals surface area contributed by atoms with Gasteiger partial charge in [0.15, 0.2) is 5.78 Å². The first-order valence-electron chi connectivity index (χ1n) is 6.87. The van der Waals surface area contributed by atoms with Crippen LogP contribution < -0.4 is 5.32 Å². The minimum atomic E-state index is 0.267. The highest BCUT2D eigenvalue weighted by atomic mass is 16.1. The van der Waals surface area contributed by atoms with Crippen molar-refractivity contribution in [1.82, 2.24) is 10.2 Å². The lowest BCUT2D eigenvalue weighted by Gasteiger charge is -2.18. The van der Waals surface area contributed by atoms with Crippen molar-refractivity contribution in [2.45, 2.75) is 19.3 Å². The van der Waals surface area contributed by atoms with Crippen LogP contribution in [0.5, 0.6) is 0 Å². The Morgan fingerprint density at radius 1 is 1.17 bits per heavy atom. The van der Waals surface area contributed by atoms with Crippen molar-refractivity contribution >= 4 is 5.78 Å². The van der Waals surface area contributed by atoms with Crippen molar-refractivity contribution in [3.8, 4) is 0 Å². The highest BCUT2D eigenvalue weighted by Gasteiger charge is 2.09. The lowest BCUT2D eigenvalue weighted by molar-refractivity contribution is 0.0975. The maximum absolute atomic E-state index is 11.9. The summed E-state index contributed by atoms with van der Waals surface area (Å²) in [6.45, 7) is 5.51. The monoisotopic (exact) mass is 246 g/mol. The van der Waals surface area contributed by atoms with Crippen LogP contribution in [-0.4, -0.2) is 43.4 Å². The standard InChI is InChI=1S/C15H22N2O/c18-15(14-6-2-1-3-7-14)8-4-11-17-12-5-9-16-10-13-17/h1-3,6-7,16H,4-5,8-13H2. The van der Waals surface area contributed by atoms with Gasteiger partial charge in [0.2, 0.25) is 0 Å². The number of hydrogen-bond acceptors (Lipinski definition) is 3. The Hall–Kier alpha value is -1.19. The smallest absolute Gasteiger partial charge is 0.162 e. The number of hydrogen-bond donors (Lipinski definition) is 1. The summed E-state index contributed by atoms with van der Waals surface area (Å²) in [5.41, 5.74) is 0.843. The molecule has 0 aromatic heterocycles. The highest BCUT2D eigenvalue weighted by molar-refractivity contribution is 5.95. The zero-order chi connectivity index (χ0) is 12.6. The Labute approximate surface area is 109 Å². The zero-order valence-corrected chi connectivity index (χ0v) is 10.9. The third-order valence-corrected chi connectivity index (χ3v) is 3.41. The molecule has 0 saturated carbocycles. The first-order valence-corrected chi connectivity index (χ1v) is 6.87. The van der Waals surface area contributed by atoms with Crippen LogP contribution in [0.15, 0.2) is 30.3 Å². The SMILES string of the molecule is O=C(CCCN1CCCNCC1)c1ccccc1. The molecular formula is C15H22N2O. The normalized spacial score (nSPS) is 17.3. The second-order valence-corrected chi connectivity index (χ2v) is 4.84. The van der Waals surface area contributed by atoms with Crippen LogP contribution >= 0.6 is 0 Å². The number of ketones is 1. The van der Waals surface area contributed by atoms with Crippen LogP contribution in [0.3, 0.4) is 0 Å². The van der Waals surface area contributed by atoms with E-state index in [4.69, 9.17) is 0 Å². The Balaban J connectivity index is 1.70. The molecule has 98 valence electrons. The van der Waals surface area contributed by atoms with Crippen LogP contribution in [0.1, 0.15) is 29.6 Å². The number of rotatable bonds is 5. The minimum Gasteiger partial charge on any atom is -0.315 e. The number of benzene rings is 1. The van der Waals surface area contributed by atoms with Gasteiger partial charge in [0, 0.05) is 25.1 Å².